The third-order valence-electron chi connectivity index (χ3n) is 3.21. The molecule has 0 spiro atoms. The molecule has 6 nitrogen and oxygen atoms in total. The maximum absolute atomic E-state index is 13.7. The second-order valence-electron chi connectivity index (χ2n) is 4.84. The highest BCUT2D eigenvalue weighted by molar-refractivity contribution is 6.20. The molecule has 0 radical (unpaired) electrons. The van der Waals surface area contributed by atoms with Gasteiger partial charge in [-0.05, 0) is 33.1 Å². The molecule has 1 aromatic rings. The van der Waals surface area contributed by atoms with Crippen LogP contribution in [0.2, 0.25) is 0 Å². The van der Waals surface area contributed by atoms with E-state index in [9.17, 15) is 9.18 Å². The minimum atomic E-state index is -0.646. The van der Waals surface area contributed by atoms with Crippen molar-refractivity contribution in [2.45, 2.75) is 31.7 Å². The van der Waals surface area contributed by atoms with E-state index in [2.05, 4.69) is 23.4 Å². The molecule has 24 heavy (non-hydrogen) atoms. The third-order valence-corrected chi connectivity index (χ3v) is 3.50. The number of carbonyl (C=O) groups excluding carboxylic acids is 1. The molecule has 0 fully saturated rings. The predicted octanol–water partition coefficient (Wildman–Crippen LogP) is 3.56. The van der Waals surface area contributed by atoms with Crippen LogP contribution in [-0.2, 0) is 4.74 Å². The highest BCUT2D eigenvalue weighted by atomic mass is 35.5. The normalized spacial score (nSPS) is 13.7. The maximum Gasteiger partial charge on any atom is 0.342 e. The summed E-state index contributed by atoms with van der Waals surface area (Å²) in [6.07, 6.45) is 2.81. The van der Waals surface area contributed by atoms with E-state index in [-0.39, 0.29) is 30.0 Å². The Bertz CT molecular complexity index is 703. The van der Waals surface area contributed by atoms with Crippen molar-refractivity contribution < 1.29 is 13.9 Å². The molecule has 1 rings (SSSR count). The van der Waals surface area contributed by atoms with Gasteiger partial charge in [-0.15, -0.1) is 11.6 Å². The first-order valence-electron chi connectivity index (χ1n) is 7.17. The van der Waals surface area contributed by atoms with E-state index in [1.165, 1.54) is 17.0 Å². The topological polar surface area (TPSA) is 80.3 Å². The zero-order chi connectivity index (χ0) is 18.3. The van der Waals surface area contributed by atoms with E-state index in [1.54, 1.807) is 13.8 Å². The largest absolute Gasteiger partial charge is 0.462 e. The molecular formula is C16H18ClFN4O2. The number of rotatable bonds is 8. The summed E-state index contributed by atoms with van der Waals surface area (Å²) in [4.78, 5) is 15.3. The lowest BCUT2D eigenvalue weighted by molar-refractivity contribution is 0.0526. The lowest BCUT2D eigenvalue weighted by Gasteiger charge is -2.18. The van der Waals surface area contributed by atoms with Crippen molar-refractivity contribution in [3.05, 3.63) is 41.6 Å². The van der Waals surface area contributed by atoms with Gasteiger partial charge in [0.05, 0.1) is 23.7 Å². The molecule has 2 atom stereocenters. The second kappa shape index (κ2) is 8.99. The number of carbonyl (C=O) groups is 1. The Morgan fingerprint density at radius 3 is 2.88 bits per heavy atom. The Morgan fingerprint density at radius 2 is 2.38 bits per heavy atom. The number of aromatic nitrogens is 2. The molecule has 0 saturated carbocycles. The molecule has 0 saturated heterocycles. The van der Waals surface area contributed by atoms with Crippen molar-refractivity contribution in [2.75, 3.05) is 6.61 Å². The van der Waals surface area contributed by atoms with E-state index >= 15 is 0 Å². The molecule has 128 valence electrons. The number of hydrogen-bond acceptors (Lipinski definition) is 5. The average molecular weight is 353 g/mol. The Hall–Kier alpha value is -2.46. The summed E-state index contributed by atoms with van der Waals surface area (Å²) >= 11 is 6.15. The quantitative estimate of drug-likeness (QED) is 0.310. The number of nitrogens with zero attached hydrogens (tertiary/aromatic N) is 4. The van der Waals surface area contributed by atoms with Gasteiger partial charge in [0.2, 0.25) is 0 Å². The van der Waals surface area contributed by atoms with Crippen LogP contribution in [-0.4, -0.2) is 34.5 Å². The molecule has 0 aliphatic carbocycles. The van der Waals surface area contributed by atoms with Crippen LogP contribution in [0.25, 0.3) is 0 Å². The highest BCUT2D eigenvalue weighted by Crippen LogP contribution is 2.25. The number of allylic oxidation sites excluding steroid dienone is 2. The van der Waals surface area contributed by atoms with Crippen LogP contribution >= 0.6 is 11.6 Å². The predicted molar refractivity (Wildman–Crippen MR) is 89.7 cm³/mol. The lowest BCUT2D eigenvalue weighted by atomic mass is 10.1. The number of aliphatic imine (C=N–C) groups is 1. The first-order chi connectivity index (χ1) is 11.3. The molecule has 0 aromatic carbocycles. The number of halogens is 2. The van der Waals surface area contributed by atoms with Crippen molar-refractivity contribution in [3.8, 4) is 6.07 Å². The molecule has 0 bridgehead atoms. The Kier molecular flexibility index (Phi) is 7.33. The molecule has 0 N–H and O–H groups in total. The van der Waals surface area contributed by atoms with Gasteiger partial charge in [-0.3, -0.25) is 9.67 Å². The molecule has 0 aliphatic rings. The van der Waals surface area contributed by atoms with Crippen LogP contribution < -0.4 is 0 Å². The fourth-order valence-electron chi connectivity index (χ4n) is 1.93. The third kappa shape index (κ3) is 4.77. The Morgan fingerprint density at radius 1 is 1.71 bits per heavy atom. The van der Waals surface area contributed by atoms with Crippen LogP contribution in [0.15, 0.2) is 35.4 Å². The van der Waals surface area contributed by atoms with Crippen LogP contribution in [0, 0.1) is 11.3 Å². The SMILES string of the molecule is C=NC(=C)/C(F)=C\C[C@H](C(C)Cl)n1cc(C(=O)OCC)c(C#N)n1. The molecule has 1 unspecified atom stereocenters. The van der Waals surface area contributed by atoms with Crippen molar-refractivity contribution in [2.24, 2.45) is 4.99 Å². The number of ether oxygens (including phenoxy) is 1. The van der Waals surface area contributed by atoms with Gasteiger partial charge < -0.3 is 4.74 Å². The van der Waals surface area contributed by atoms with Crippen molar-refractivity contribution in [1.29, 1.82) is 5.26 Å². The van der Waals surface area contributed by atoms with Gasteiger partial charge in [-0.2, -0.15) is 10.4 Å². The van der Waals surface area contributed by atoms with Gasteiger partial charge in [0.15, 0.2) is 5.69 Å². The van der Waals surface area contributed by atoms with Gasteiger partial charge in [-0.25, -0.2) is 9.18 Å². The van der Waals surface area contributed by atoms with Crippen molar-refractivity contribution in [3.63, 3.8) is 0 Å². The number of esters is 1. The fraction of sp³-hybridized carbons (Fsp3) is 0.375. The van der Waals surface area contributed by atoms with E-state index in [1.807, 2.05) is 6.07 Å². The number of alkyl halides is 1. The summed E-state index contributed by atoms with van der Waals surface area (Å²) in [5.74, 6) is -1.27. The van der Waals surface area contributed by atoms with E-state index in [0.717, 1.165) is 0 Å². The molecular weight excluding hydrogens is 335 g/mol. The second-order valence-corrected chi connectivity index (χ2v) is 5.53. The molecule has 1 heterocycles. The van der Waals surface area contributed by atoms with E-state index < -0.39 is 23.2 Å². The van der Waals surface area contributed by atoms with Crippen molar-refractivity contribution in [1.82, 2.24) is 9.78 Å². The van der Waals surface area contributed by atoms with Gasteiger partial charge in [0.25, 0.3) is 0 Å². The first-order valence-corrected chi connectivity index (χ1v) is 7.61. The smallest absolute Gasteiger partial charge is 0.342 e. The Balaban J connectivity index is 3.14. The Labute approximate surface area is 144 Å². The molecule has 0 amide bonds. The van der Waals surface area contributed by atoms with Crippen LogP contribution in [0.1, 0.15) is 42.4 Å². The van der Waals surface area contributed by atoms with E-state index in [0.29, 0.717) is 0 Å². The highest BCUT2D eigenvalue weighted by Gasteiger charge is 2.23. The van der Waals surface area contributed by atoms with Crippen LogP contribution in [0.4, 0.5) is 4.39 Å². The summed E-state index contributed by atoms with van der Waals surface area (Å²) in [5.41, 5.74) is -0.109. The minimum absolute atomic E-state index is 0.0447. The van der Waals surface area contributed by atoms with Crippen molar-refractivity contribution >= 4 is 24.3 Å². The summed E-state index contributed by atoms with van der Waals surface area (Å²) < 4.78 is 20.0. The first kappa shape index (κ1) is 19.6. The van der Waals surface area contributed by atoms with Gasteiger partial charge in [0.1, 0.15) is 17.5 Å². The number of hydrogen-bond donors (Lipinski definition) is 0. The van der Waals surface area contributed by atoms with Crippen LogP contribution in [0.5, 0.6) is 0 Å². The fourth-order valence-corrected chi connectivity index (χ4v) is 2.14. The molecule has 8 heteroatoms. The van der Waals surface area contributed by atoms with Gasteiger partial charge in [0, 0.05) is 6.20 Å². The van der Waals surface area contributed by atoms with Gasteiger partial charge in [-0.1, -0.05) is 6.58 Å². The minimum Gasteiger partial charge on any atom is -0.462 e. The zero-order valence-corrected chi connectivity index (χ0v) is 14.3. The van der Waals surface area contributed by atoms with Gasteiger partial charge >= 0.3 is 5.97 Å². The summed E-state index contributed by atoms with van der Waals surface area (Å²) in [6.45, 7) is 10.2. The summed E-state index contributed by atoms with van der Waals surface area (Å²) in [7, 11) is 0. The molecule has 1 aromatic heterocycles. The summed E-state index contributed by atoms with van der Waals surface area (Å²) in [5, 5.41) is 12.7. The summed E-state index contributed by atoms with van der Waals surface area (Å²) in [6, 6.07) is 1.36. The molecule has 0 aliphatic heterocycles. The lowest BCUT2D eigenvalue weighted by Crippen LogP contribution is -2.18. The monoisotopic (exact) mass is 352 g/mol. The maximum atomic E-state index is 13.7. The zero-order valence-electron chi connectivity index (χ0n) is 13.5. The standard InChI is InChI=1S/C16H18ClFN4O2/c1-5-24-16(23)12-9-22(21-14(12)8-19)15(10(2)17)7-6-13(18)11(3)20-4/h6,9-10,15H,3-5,7H2,1-2H3/b13-6+/t10?,15-/m1/s1. The number of nitriles is 1. The average Bonchev–Trinajstić information content (AvgIpc) is 2.98. The van der Waals surface area contributed by atoms with E-state index in [4.69, 9.17) is 21.6 Å². The van der Waals surface area contributed by atoms with Crippen LogP contribution in [0.3, 0.4) is 0 Å².